The van der Waals surface area contributed by atoms with Gasteiger partial charge in [-0.25, -0.2) is 13.2 Å². The molecule has 2 aromatic carbocycles. The average Bonchev–Trinajstić information content (AvgIpc) is 2.40. The average molecular weight is 327 g/mol. The molecular formula is C13H6BrF3N2. The lowest BCUT2D eigenvalue weighted by Gasteiger charge is -2.09. The number of nitrogens with one attached hydrogen (secondary N) is 1. The van der Waals surface area contributed by atoms with Gasteiger partial charge in [0.2, 0.25) is 0 Å². The number of hydrogen-bond acceptors (Lipinski definition) is 2. The fourth-order valence-electron chi connectivity index (χ4n) is 1.46. The molecule has 0 aromatic heterocycles. The Labute approximate surface area is 115 Å². The van der Waals surface area contributed by atoms with Gasteiger partial charge in [-0.15, -0.1) is 0 Å². The maximum atomic E-state index is 13.5. The van der Waals surface area contributed by atoms with Crippen LogP contribution in [0.25, 0.3) is 0 Å². The maximum Gasteiger partial charge on any atom is 0.196 e. The van der Waals surface area contributed by atoms with Crippen LogP contribution < -0.4 is 5.32 Å². The number of benzene rings is 2. The van der Waals surface area contributed by atoms with Gasteiger partial charge in [0, 0.05) is 10.2 Å². The second-order valence-electron chi connectivity index (χ2n) is 3.65. The standard InChI is InChI=1S/C13H6BrF3N2/c14-9-5-8(2-1-7(9)6-18)19-11-4-3-10(15)12(16)13(11)17/h1-5,19H. The lowest BCUT2D eigenvalue weighted by molar-refractivity contribution is 0.449. The zero-order chi connectivity index (χ0) is 14.0. The monoisotopic (exact) mass is 326 g/mol. The number of nitrogens with zero attached hydrogens (tertiary/aromatic N) is 1. The van der Waals surface area contributed by atoms with Gasteiger partial charge in [-0.2, -0.15) is 5.26 Å². The highest BCUT2D eigenvalue weighted by molar-refractivity contribution is 9.10. The highest BCUT2D eigenvalue weighted by Gasteiger charge is 2.13. The molecule has 2 nitrogen and oxygen atoms in total. The van der Waals surface area contributed by atoms with Crippen molar-refractivity contribution >= 4 is 27.3 Å². The van der Waals surface area contributed by atoms with E-state index in [1.54, 1.807) is 6.07 Å². The van der Waals surface area contributed by atoms with Crippen LogP contribution in [0.5, 0.6) is 0 Å². The number of hydrogen-bond donors (Lipinski definition) is 1. The molecule has 0 spiro atoms. The number of halogens is 4. The van der Waals surface area contributed by atoms with Crippen molar-refractivity contribution in [1.29, 1.82) is 5.26 Å². The highest BCUT2D eigenvalue weighted by atomic mass is 79.9. The van der Waals surface area contributed by atoms with Crippen molar-refractivity contribution in [3.63, 3.8) is 0 Å². The summed E-state index contributed by atoms with van der Waals surface area (Å²) in [5, 5.41) is 11.4. The van der Waals surface area contributed by atoms with Gasteiger partial charge >= 0.3 is 0 Å². The zero-order valence-electron chi connectivity index (χ0n) is 9.35. The lowest BCUT2D eigenvalue weighted by Crippen LogP contribution is -1.99. The van der Waals surface area contributed by atoms with Crippen LogP contribution in [0.4, 0.5) is 24.5 Å². The molecule has 19 heavy (non-hydrogen) atoms. The minimum absolute atomic E-state index is 0.185. The maximum absolute atomic E-state index is 13.5. The third-order valence-electron chi connectivity index (χ3n) is 2.40. The zero-order valence-corrected chi connectivity index (χ0v) is 10.9. The van der Waals surface area contributed by atoms with Crippen molar-refractivity contribution in [3.05, 3.63) is 57.8 Å². The van der Waals surface area contributed by atoms with Crippen molar-refractivity contribution in [1.82, 2.24) is 0 Å². The first kappa shape index (κ1) is 13.4. The van der Waals surface area contributed by atoms with Crippen LogP contribution in [0.2, 0.25) is 0 Å². The largest absolute Gasteiger partial charge is 0.353 e. The molecule has 1 N–H and O–H groups in total. The summed E-state index contributed by atoms with van der Waals surface area (Å²) in [6.07, 6.45) is 0. The molecule has 6 heteroatoms. The van der Waals surface area contributed by atoms with Crippen LogP contribution in [0.3, 0.4) is 0 Å². The molecule has 0 fully saturated rings. The quantitative estimate of drug-likeness (QED) is 0.826. The van der Waals surface area contributed by atoms with Gasteiger partial charge in [0.15, 0.2) is 17.5 Å². The van der Waals surface area contributed by atoms with Crippen LogP contribution in [-0.4, -0.2) is 0 Å². The Kier molecular flexibility index (Phi) is 3.76. The predicted octanol–water partition coefficient (Wildman–Crippen LogP) is 4.48. The molecule has 0 unspecified atom stereocenters. The highest BCUT2D eigenvalue weighted by Crippen LogP contribution is 2.26. The third kappa shape index (κ3) is 2.71. The summed E-state index contributed by atoms with van der Waals surface area (Å²) in [7, 11) is 0. The molecule has 2 rings (SSSR count). The lowest BCUT2D eigenvalue weighted by atomic mass is 10.2. The van der Waals surface area contributed by atoms with E-state index in [2.05, 4.69) is 21.2 Å². The van der Waals surface area contributed by atoms with Crippen LogP contribution in [-0.2, 0) is 0 Å². The number of rotatable bonds is 2. The smallest absolute Gasteiger partial charge is 0.196 e. The fourth-order valence-corrected chi connectivity index (χ4v) is 1.93. The van der Waals surface area contributed by atoms with Gasteiger partial charge in [0.05, 0.1) is 11.3 Å². The van der Waals surface area contributed by atoms with Crippen LogP contribution >= 0.6 is 15.9 Å². The van der Waals surface area contributed by atoms with E-state index in [9.17, 15) is 13.2 Å². The SMILES string of the molecule is N#Cc1ccc(Nc2ccc(F)c(F)c2F)cc1Br. The first-order valence-electron chi connectivity index (χ1n) is 5.13. The molecule has 0 aliphatic rings. The predicted molar refractivity (Wildman–Crippen MR) is 68.5 cm³/mol. The molecule has 96 valence electrons. The minimum Gasteiger partial charge on any atom is -0.353 e. The van der Waals surface area contributed by atoms with Crippen molar-refractivity contribution in [2.45, 2.75) is 0 Å². The van der Waals surface area contributed by atoms with Crippen molar-refractivity contribution < 1.29 is 13.2 Å². The third-order valence-corrected chi connectivity index (χ3v) is 3.06. The van der Waals surface area contributed by atoms with Gasteiger partial charge in [0.1, 0.15) is 6.07 Å². The van der Waals surface area contributed by atoms with Gasteiger partial charge in [-0.05, 0) is 46.3 Å². The molecule has 0 radical (unpaired) electrons. The number of nitriles is 1. The molecule has 0 heterocycles. The molecule has 0 saturated heterocycles. The van der Waals surface area contributed by atoms with Crippen LogP contribution in [0.15, 0.2) is 34.8 Å². The summed E-state index contributed by atoms with van der Waals surface area (Å²) in [5.41, 5.74) is 0.669. The molecular weight excluding hydrogens is 321 g/mol. The van der Waals surface area contributed by atoms with E-state index in [0.717, 1.165) is 12.1 Å². The molecule has 0 bridgehead atoms. The molecule has 0 amide bonds. The van der Waals surface area contributed by atoms with Gasteiger partial charge in [0.25, 0.3) is 0 Å². The van der Waals surface area contributed by atoms with Gasteiger partial charge in [-0.1, -0.05) is 0 Å². The second kappa shape index (κ2) is 5.33. The molecule has 2 aromatic rings. The van der Waals surface area contributed by atoms with Gasteiger partial charge < -0.3 is 5.32 Å². The summed E-state index contributed by atoms with van der Waals surface area (Å²) < 4.78 is 39.8. The summed E-state index contributed by atoms with van der Waals surface area (Å²) in [6.45, 7) is 0. The van der Waals surface area contributed by atoms with E-state index >= 15 is 0 Å². The first-order valence-corrected chi connectivity index (χ1v) is 5.92. The van der Waals surface area contributed by atoms with E-state index in [0.29, 0.717) is 15.7 Å². The molecule has 0 atom stereocenters. The Hall–Kier alpha value is -2.00. The summed E-state index contributed by atoms with van der Waals surface area (Å²) >= 11 is 3.17. The molecule has 0 aliphatic heterocycles. The van der Waals surface area contributed by atoms with Crippen LogP contribution in [0, 0.1) is 28.8 Å². The van der Waals surface area contributed by atoms with E-state index in [1.807, 2.05) is 6.07 Å². The van der Waals surface area contributed by atoms with E-state index in [-0.39, 0.29) is 5.69 Å². The Bertz CT molecular complexity index is 680. The first-order chi connectivity index (χ1) is 9.02. The van der Waals surface area contributed by atoms with Gasteiger partial charge in [-0.3, -0.25) is 0 Å². The van der Waals surface area contributed by atoms with E-state index in [4.69, 9.17) is 5.26 Å². The molecule has 0 aliphatic carbocycles. The van der Waals surface area contributed by atoms with Crippen molar-refractivity contribution in [2.75, 3.05) is 5.32 Å². The summed E-state index contributed by atoms with van der Waals surface area (Å²) in [5.74, 6) is -4.07. The minimum atomic E-state index is -1.53. The summed E-state index contributed by atoms with van der Waals surface area (Å²) in [6, 6.07) is 8.48. The Balaban J connectivity index is 2.35. The second-order valence-corrected chi connectivity index (χ2v) is 4.51. The molecule has 0 saturated carbocycles. The summed E-state index contributed by atoms with van der Waals surface area (Å²) in [4.78, 5) is 0. The van der Waals surface area contributed by atoms with Crippen LogP contribution in [0.1, 0.15) is 5.56 Å². The fraction of sp³-hybridized carbons (Fsp3) is 0. The normalized spacial score (nSPS) is 10.1. The van der Waals surface area contributed by atoms with E-state index in [1.165, 1.54) is 12.1 Å². The van der Waals surface area contributed by atoms with Crippen molar-refractivity contribution in [2.24, 2.45) is 0 Å². The topological polar surface area (TPSA) is 35.8 Å². The Morgan fingerprint density at radius 3 is 2.42 bits per heavy atom. The number of anilines is 2. The Morgan fingerprint density at radius 2 is 1.79 bits per heavy atom. The van der Waals surface area contributed by atoms with Crippen molar-refractivity contribution in [3.8, 4) is 6.07 Å². The Morgan fingerprint density at radius 1 is 1.05 bits per heavy atom. The van der Waals surface area contributed by atoms with E-state index < -0.39 is 17.5 Å².